The van der Waals surface area contributed by atoms with Gasteiger partial charge in [0.2, 0.25) is 0 Å². The summed E-state index contributed by atoms with van der Waals surface area (Å²) in [5.74, 6) is 0. The Morgan fingerprint density at radius 1 is 1.20 bits per heavy atom. The third-order valence-electron chi connectivity index (χ3n) is 2.14. The Morgan fingerprint density at radius 2 is 2.07 bits per heavy atom. The van der Waals surface area contributed by atoms with E-state index in [0.717, 1.165) is 22.5 Å². The van der Waals surface area contributed by atoms with E-state index in [4.69, 9.17) is 5.73 Å². The number of aromatic nitrogens is 3. The highest BCUT2D eigenvalue weighted by molar-refractivity contribution is 5.61. The van der Waals surface area contributed by atoms with Crippen molar-refractivity contribution in [2.45, 2.75) is 13.5 Å². The van der Waals surface area contributed by atoms with E-state index >= 15 is 0 Å². The van der Waals surface area contributed by atoms with Crippen LogP contribution < -0.4 is 5.73 Å². The number of aryl methyl sites for hydroxylation is 1. The van der Waals surface area contributed by atoms with Crippen molar-refractivity contribution in [1.29, 1.82) is 0 Å². The molecule has 2 rings (SSSR count). The van der Waals surface area contributed by atoms with Crippen LogP contribution in [0.4, 0.5) is 0 Å². The molecule has 0 aliphatic rings. The van der Waals surface area contributed by atoms with E-state index in [1.54, 1.807) is 18.6 Å². The van der Waals surface area contributed by atoms with E-state index in [9.17, 15) is 0 Å². The van der Waals surface area contributed by atoms with Gasteiger partial charge in [-0.2, -0.15) is 0 Å². The fourth-order valence-corrected chi connectivity index (χ4v) is 1.42. The molecule has 0 aliphatic carbocycles. The van der Waals surface area contributed by atoms with Crippen molar-refractivity contribution in [3.8, 4) is 11.3 Å². The lowest BCUT2D eigenvalue weighted by Crippen LogP contribution is -2.03. The maximum Gasteiger partial charge on any atom is 0.0904 e. The molecule has 2 N–H and O–H groups in total. The fraction of sp³-hybridized carbons (Fsp3) is 0.182. The summed E-state index contributed by atoms with van der Waals surface area (Å²) < 4.78 is 0. The normalized spacial score (nSPS) is 10.3. The molecule has 4 heteroatoms. The van der Waals surface area contributed by atoms with Gasteiger partial charge in [0.05, 0.1) is 17.6 Å². The Bertz CT molecular complexity index is 453. The molecule has 76 valence electrons. The Balaban J connectivity index is 2.56. The molecule has 4 nitrogen and oxygen atoms in total. The van der Waals surface area contributed by atoms with Gasteiger partial charge < -0.3 is 5.73 Å². The van der Waals surface area contributed by atoms with Gasteiger partial charge in [0.15, 0.2) is 0 Å². The van der Waals surface area contributed by atoms with Crippen molar-refractivity contribution >= 4 is 0 Å². The fourth-order valence-electron chi connectivity index (χ4n) is 1.42. The average molecular weight is 200 g/mol. The first-order valence-electron chi connectivity index (χ1n) is 4.73. The summed E-state index contributed by atoms with van der Waals surface area (Å²) in [5, 5.41) is 0. The van der Waals surface area contributed by atoms with Gasteiger partial charge in [-0.15, -0.1) is 0 Å². The first-order valence-corrected chi connectivity index (χ1v) is 4.73. The molecule has 15 heavy (non-hydrogen) atoms. The van der Waals surface area contributed by atoms with Gasteiger partial charge in [0, 0.05) is 30.7 Å². The SMILES string of the molecule is Cc1cnc(CN)c(-c2cnccn2)c1. The molecule has 2 heterocycles. The van der Waals surface area contributed by atoms with Crippen LogP contribution >= 0.6 is 0 Å². The molecule has 2 aromatic heterocycles. The van der Waals surface area contributed by atoms with Crippen LogP contribution in [0, 0.1) is 6.92 Å². The predicted octanol–water partition coefficient (Wildman–Crippen LogP) is 1.31. The highest BCUT2D eigenvalue weighted by atomic mass is 14.8. The standard InChI is InChI=1S/C11H12N4/c1-8-4-9(10(5-12)15-6-8)11-7-13-2-3-14-11/h2-4,6-7H,5,12H2,1H3. The van der Waals surface area contributed by atoms with Crippen LogP contribution in [0.25, 0.3) is 11.3 Å². The summed E-state index contributed by atoms with van der Waals surface area (Å²) in [4.78, 5) is 12.6. The third-order valence-corrected chi connectivity index (χ3v) is 2.14. The average Bonchev–Trinajstić information content (AvgIpc) is 2.30. The summed E-state index contributed by atoms with van der Waals surface area (Å²) in [6.45, 7) is 2.40. The molecule has 0 atom stereocenters. The number of hydrogen-bond donors (Lipinski definition) is 1. The lowest BCUT2D eigenvalue weighted by atomic mass is 10.1. The van der Waals surface area contributed by atoms with Crippen LogP contribution in [0.2, 0.25) is 0 Å². The number of hydrogen-bond acceptors (Lipinski definition) is 4. The molecule has 2 aromatic rings. The van der Waals surface area contributed by atoms with E-state index in [1.807, 2.05) is 19.2 Å². The summed E-state index contributed by atoms with van der Waals surface area (Å²) in [6, 6.07) is 2.03. The highest BCUT2D eigenvalue weighted by Gasteiger charge is 2.06. The van der Waals surface area contributed by atoms with Crippen LogP contribution in [0.3, 0.4) is 0 Å². The molecule has 0 fully saturated rings. The van der Waals surface area contributed by atoms with E-state index in [2.05, 4.69) is 15.0 Å². The molecule has 0 radical (unpaired) electrons. The highest BCUT2D eigenvalue weighted by Crippen LogP contribution is 2.19. The second kappa shape index (κ2) is 4.14. The van der Waals surface area contributed by atoms with Crippen LogP contribution in [-0.2, 0) is 6.54 Å². The molecule has 0 amide bonds. The van der Waals surface area contributed by atoms with Gasteiger partial charge >= 0.3 is 0 Å². The number of nitrogens with zero attached hydrogens (tertiary/aromatic N) is 3. The van der Waals surface area contributed by atoms with Gasteiger partial charge in [-0.05, 0) is 18.6 Å². The van der Waals surface area contributed by atoms with Crippen molar-refractivity contribution < 1.29 is 0 Å². The van der Waals surface area contributed by atoms with Gasteiger partial charge in [-0.3, -0.25) is 15.0 Å². The molecule has 0 unspecified atom stereocenters. The van der Waals surface area contributed by atoms with E-state index in [0.29, 0.717) is 6.54 Å². The molecule has 0 bridgehead atoms. The van der Waals surface area contributed by atoms with Crippen LogP contribution in [-0.4, -0.2) is 15.0 Å². The lowest BCUT2D eigenvalue weighted by molar-refractivity contribution is 0.983. The first-order chi connectivity index (χ1) is 7.31. The quantitative estimate of drug-likeness (QED) is 0.793. The van der Waals surface area contributed by atoms with E-state index in [-0.39, 0.29) is 0 Å². The van der Waals surface area contributed by atoms with Crippen molar-refractivity contribution in [2.75, 3.05) is 0 Å². The minimum atomic E-state index is 0.409. The number of nitrogens with two attached hydrogens (primary N) is 1. The Hall–Kier alpha value is -1.81. The van der Waals surface area contributed by atoms with E-state index in [1.165, 1.54) is 0 Å². The smallest absolute Gasteiger partial charge is 0.0904 e. The largest absolute Gasteiger partial charge is 0.325 e. The van der Waals surface area contributed by atoms with Crippen LogP contribution in [0.15, 0.2) is 30.9 Å². The summed E-state index contributed by atoms with van der Waals surface area (Å²) in [6.07, 6.45) is 6.84. The Kier molecular flexibility index (Phi) is 2.69. The van der Waals surface area contributed by atoms with Crippen LogP contribution in [0.5, 0.6) is 0 Å². The zero-order valence-corrected chi connectivity index (χ0v) is 8.51. The molecular formula is C11H12N4. The van der Waals surface area contributed by atoms with Gasteiger partial charge in [-0.25, -0.2) is 0 Å². The molecule has 0 aromatic carbocycles. The van der Waals surface area contributed by atoms with Gasteiger partial charge in [-0.1, -0.05) is 0 Å². The van der Waals surface area contributed by atoms with Crippen molar-refractivity contribution in [3.63, 3.8) is 0 Å². The van der Waals surface area contributed by atoms with Crippen molar-refractivity contribution in [3.05, 3.63) is 42.1 Å². The predicted molar refractivity (Wildman–Crippen MR) is 57.9 cm³/mol. The first kappa shape index (κ1) is 9.73. The topological polar surface area (TPSA) is 64.7 Å². The molecular weight excluding hydrogens is 188 g/mol. The second-order valence-corrected chi connectivity index (χ2v) is 3.30. The lowest BCUT2D eigenvalue weighted by Gasteiger charge is -2.06. The second-order valence-electron chi connectivity index (χ2n) is 3.30. The number of pyridine rings is 1. The molecule has 0 aliphatic heterocycles. The Labute approximate surface area is 88.2 Å². The summed E-state index contributed by atoms with van der Waals surface area (Å²) in [7, 11) is 0. The molecule has 0 spiro atoms. The maximum atomic E-state index is 5.63. The monoisotopic (exact) mass is 200 g/mol. The zero-order valence-electron chi connectivity index (χ0n) is 8.51. The van der Waals surface area contributed by atoms with Gasteiger partial charge in [0.25, 0.3) is 0 Å². The zero-order chi connectivity index (χ0) is 10.7. The molecule has 0 saturated heterocycles. The summed E-state index contributed by atoms with van der Waals surface area (Å²) in [5.41, 5.74) is 9.34. The van der Waals surface area contributed by atoms with Crippen LogP contribution in [0.1, 0.15) is 11.3 Å². The van der Waals surface area contributed by atoms with E-state index < -0.39 is 0 Å². The summed E-state index contributed by atoms with van der Waals surface area (Å²) >= 11 is 0. The number of rotatable bonds is 2. The maximum absolute atomic E-state index is 5.63. The van der Waals surface area contributed by atoms with Crippen molar-refractivity contribution in [1.82, 2.24) is 15.0 Å². The third kappa shape index (κ3) is 1.99. The Morgan fingerprint density at radius 3 is 2.73 bits per heavy atom. The minimum absolute atomic E-state index is 0.409. The minimum Gasteiger partial charge on any atom is -0.325 e. The molecule has 0 saturated carbocycles. The van der Waals surface area contributed by atoms with Gasteiger partial charge in [0.1, 0.15) is 0 Å². The van der Waals surface area contributed by atoms with Crippen molar-refractivity contribution in [2.24, 2.45) is 5.73 Å².